The summed E-state index contributed by atoms with van der Waals surface area (Å²) in [5, 5.41) is 15.8. The summed E-state index contributed by atoms with van der Waals surface area (Å²) in [6.45, 7) is 0. The predicted molar refractivity (Wildman–Crippen MR) is 84.7 cm³/mol. The van der Waals surface area contributed by atoms with E-state index < -0.39 is 21.7 Å². The number of nitrogens with zero attached hydrogens (tertiary/aromatic N) is 3. The molecule has 1 N–H and O–H groups in total. The molecule has 0 atom stereocenters. The third-order valence-electron chi connectivity index (χ3n) is 3.38. The van der Waals surface area contributed by atoms with E-state index in [0.717, 1.165) is 22.6 Å². The molecule has 3 aromatic rings. The van der Waals surface area contributed by atoms with Crippen LogP contribution in [0, 0.1) is 11.6 Å². The molecule has 0 aliphatic heterocycles. The molecular formula is C15H11F2N3O3S. The smallest absolute Gasteiger partial charge is 0.251 e. The molecule has 0 radical (unpaired) electrons. The van der Waals surface area contributed by atoms with Gasteiger partial charge in [0.05, 0.1) is 18.0 Å². The molecule has 0 spiro atoms. The second kappa shape index (κ2) is 5.68. The number of benzene rings is 2. The Morgan fingerprint density at radius 1 is 1.21 bits per heavy atom. The molecule has 1 aromatic heterocycles. The highest BCUT2D eigenvalue weighted by Gasteiger charge is 2.20. The van der Waals surface area contributed by atoms with Crippen molar-refractivity contribution in [1.82, 2.24) is 9.19 Å². The molecule has 0 aliphatic carbocycles. The summed E-state index contributed by atoms with van der Waals surface area (Å²) in [4.78, 5) is 0. The van der Waals surface area contributed by atoms with E-state index in [9.17, 15) is 17.2 Å². The first-order valence-electron chi connectivity index (χ1n) is 6.67. The third kappa shape index (κ3) is 2.73. The first kappa shape index (κ1) is 16.1. The number of fused-ring (bicyclic) bond motifs is 1. The highest BCUT2D eigenvalue weighted by Crippen LogP contribution is 2.31. The average molecular weight is 351 g/mol. The Morgan fingerprint density at radius 3 is 2.58 bits per heavy atom. The third-order valence-corrected chi connectivity index (χ3v) is 4.29. The maximum Gasteiger partial charge on any atom is 0.251 e. The van der Waals surface area contributed by atoms with Gasteiger partial charge in [-0.05, 0) is 29.8 Å². The molecule has 0 saturated carbocycles. The van der Waals surface area contributed by atoms with Crippen molar-refractivity contribution in [1.29, 1.82) is 0 Å². The van der Waals surface area contributed by atoms with E-state index in [4.69, 9.17) is 5.21 Å². The summed E-state index contributed by atoms with van der Waals surface area (Å²) in [7, 11) is -3.74. The van der Waals surface area contributed by atoms with Crippen molar-refractivity contribution in [2.45, 2.75) is 0 Å². The molecule has 24 heavy (non-hydrogen) atoms. The van der Waals surface area contributed by atoms with Gasteiger partial charge in [0, 0.05) is 17.0 Å². The van der Waals surface area contributed by atoms with Crippen molar-refractivity contribution >= 4 is 27.1 Å². The minimum atomic E-state index is -3.74. The van der Waals surface area contributed by atoms with E-state index in [-0.39, 0.29) is 16.8 Å². The first-order valence-corrected chi connectivity index (χ1v) is 8.52. The Kier molecular flexibility index (Phi) is 3.80. The van der Waals surface area contributed by atoms with Gasteiger partial charge < -0.3 is 5.21 Å². The van der Waals surface area contributed by atoms with Gasteiger partial charge >= 0.3 is 0 Å². The number of hydrogen-bond acceptors (Lipinski definition) is 5. The van der Waals surface area contributed by atoms with Crippen LogP contribution >= 0.6 is 0 Å². The van der Waals surface area contributed by atoms with Gasteiger partial charge in [0.15, 0.2) is 0 Å². The van der Waals surface area contributed by atoms with Crippen LogP contribution in [0.4, 0.5) is 8.78 Å². The van der Waals surface area contributed by atoms with Gasteiger partial charge in [-0.15, -0.1) is 0 Å². The minimum Gasteiger partial charge on any atom is -0.411 e. The van der Waals surface area contributed by atoms with Gasteiger partial charge in [-0.2, -0.15) is 9.19 Å². The maximum atomic E-state index is 14.1. The van der Waals surface area contributed by atoms with E-state index >= 15 is 0 Å². The summed E-state index contributed by atoms with van der Waals surface area (Å²) >= 11 is 0. The first-order chi connectivity index (χ1) is 11.3. The monoisotopic (exact) mass is 351 g/mol. The molecular weight excluding hydrogens is 340 g/mol. The average Bonchev–Trinajstić information content (AvgIpc) is 2.86. The zero-order valence-corrected chi connectivity index (χ0v) is 13.1. The van der Waals surface area contributed by atoms with Crippen LogP contribution < -0.4 is 0 Å². The van der Waals surface area contributed by atoms with Crippen LogP contribution in [0.2, 0.25) is 0 Å². The molecule has 0 unspecified atom stereocenters. The fraction of sp³-hybridized carbons (Fsp3) is 0.0667. The molecule has 1 heterocycles. The predicted octanol–water partition coefficient (Wildman–Crippen LogP) is 2.60. The van der Waals surface area contributed by atoms with Crippen molar-refractivity contribution < 1.29 is 22.4 Å². The molecule has 0 bridgehead atoms. The second-order valence-corrected chi connectivity index (χ2v) is 6.91. The number of hydrogen-bond donors (Lipinski definition) is 1. The van der Waals surface area contributed by atoms with Crippen LogP contribution in [-0.4, -0.2) is 35.3 Å². The Bertz CT molecular complexity index is 1080. The van der Waals surface area contributed by atoms with Crippen molar-refractivity contribution in [2.75, 3.05) is 6.26 Å². The van der Waals surface area contributed by atoms with Crippen molar-refractivity contribution in [3.63, 3.8) is 0 Å². The van der Waals surface area contributed by atoms with Crippen molar-refractivity contribution in [2.24, 2.45) is 5.16 Å². The summed E-state index contributed by atoms with van der Waals surface area (Å²) in [5.74, 6) is -1.62. The lowest BCUT2D eigenvalue weighted by atomic mass is 10.1. The lowest BCUT2D eigenvalue weighted by Gasteiger charge is -2.01. The van der Waals surface area contributed by atoms with Crippen LogP contribution in [0.25, 0.3) is 22.2 Å². The van der Waals surface area contributed by atoms with E-state index in [1.54, 1.807) is 0 Å². The number of rotatable bonds is 3. The fourth-order valence-corrected chi connectivity index (χ4v) is 3.14. The topological polar surface area (TPSA) is 84.5 Å². The second-order valence-electron chi connectivity index (χ2n) is 5.10. The minimum absolute atomic E-state index is 0.0399. The van der Waals surface area contributed by atoms with Crippen LogP contribution in [0.5, 0.6) is 0 Å². The number of oxime groups is 1. The Balaban J connectivity index is 2.39. The zero-order chi connectivity index (χ0) is 17.5. The molecule has 0 aliphatic rings. The van der Waals surface area contributed by atoms with Gasteiger partial charge in [-0.1, -0.05) is 11.2 Å². The van der Waals surface area contributed by atoms with Crippen LogP contribution in [-0.2, 0) is 10.0 Å². The molecule has 2 aromatic carbocycles. The highest BCUT2D eigenvalue weighted by molar-refractivity contribution is 7.89. The standard InChI is InChI=1S/C15H11F2N3O3S/c1-24(22,23)20-14-5-2-9(8-18-21)6-12(14)15(19-20)11-4-3-10(16)7-13(11)17/h2-8,21H,1H3. The van der Waals surface area contributed by atoms with Crippen molar-refractivity contribution in [3.8, 4) is 11.3 Å². The molecule has 124 valence electrons. The normalized spacial score (nSPS) is 12.3. The van der Waals surface area contributed by atoms with E-state index in [1.807, 2.05) is 0 Å². The Morgan fingerprint density at radius 2 is 1.96 bits per heavy atom. The molecule has 0 saturated heterocycles. The Labute approximate surface area is 135 Å². The maximum absolute atomic E-state index is 14.1. The van der Waals surface area contributed by atoms with Crippen molar-refractivity contribution in [3.05, 3.63) is 53.6 Å². The number of aromatic nitrogens is 2. The fourth-order valence-electron chi connectivity index (χ4n) is 2.39. The lowest BCUT2D eigenvalue weighted by Crippen LogP contribution is -2.11. The lowest BCUT2D eigenvalue weighted by molar-refractivity contribution is 0.322. The highest BCUT2D eigenvalue weighted by atomic mass is 32.2. The molecule has 6 nitrogen and oxygen atoms in total. The molecule has 3 rings (SSSR count). The quantitative estimate of drug-likeness (QED) is 0.447. The summed E-state index contributed by atoms with van der Waals surface area (Å²) in [6.07, 6.45) is 2.11. The van der Waals surface area contributed by atoms with E-state index in [0.29, 0.717) is 17.0 Å². The summed E-state index contributed by atoms with van der Waals surface area (Å²) in [6, 6.07) is 7.43. The van der Waals surface area contributed by atoms with Gasteiger partial charge in [0.25, 0.3) is 10.0 Å². The van der Waals surface area contributed by atoms with Gasteiger partial charge in [0.1, 0.15) is 17.3 Å². The largest absolute Gasteiger partial charge is 0.411 e. The zero-order valence-electron chi connectivity index (χ0n) is 12.3. The van der Waals surface area contributed by atoms with Crippen LogP contribution in [0.3, 0.4) is 0 Å². The van der Waals surface area contributed by atoms with Gasteiger partial charge in [0.2, 0.25) is 0 Å². The molecule has 0 fully saturated rings. The summed E-state index contributed by atoms with van der Waals surface area (Å²) < 4.78 is 51.9. The molecule has 9 heteroatoms. The van der Waals surface area contributed by atoms with E-state index in [1.165, 1.54) is 24.3 Å². The van der Waals surface area contributed by atoms with Gasteiger partial charge in [-0.25, -0.2) is 17.2 Å². The van der Waals surface area contributed by atoms with Crippen LogP contribution in [0.15, 0.2) is 41.6 Å². The van der Waals surface area contributed by atoms with Gasteiger partial charge in [-0.3, -0.25) is 0 Å². The number of halogens is 2. The summed E-state index contributed by atoms with van der Waals surface area (Å²) in [5.41, 5.74) is 0.691. The van der Waals surface area contributed by atoms with Crippen LogP contribution in [0.1, 0.15) is 5.56 Å². The SMILES string of the molecule is CS(=O)(=O)n1nc(-c2ccc(F)cc2F)c2cc(C=NO)ccc21. The molecule has 0 amide bonds. The van der Waals surface area contributed by atoms with E-state index in [2.05, 4.69) is 10.3 Å². The Hall–Kier alpha value is -2.81.